The van der Waals surface area contributed by atoms with Crippen LogP contribution in [0, 0.1) is 10.8 Å². The summed E-state index contributed by atoms with van der Waals surface area (Å²) in [6.07, 6.45) is 0.136. The lowest BCUT2D eigenvalue weighted by atomic mass is 9.86. The molecule has 4 aromatic heterocycles. The van der Waals surface area contributed by atoms with E-state index in [1.165, 1.54) is 159 Å². The van der Waals surface area contributed by atoms with Crippen molar-refractivity contribution in [3.63, 3.8) is 0 Å². The lowest BCUT2D eigenvalue weighted by molar-refractivity contribution is -0.0505. The number of hydrogen-bond acceptors (Lipinski definition) is 18. The number of Topliss-reactive ketones (excluding diaryl/α,β-unsaturated/α-hetero) is 2. The van der Waals surface area contributed by atoms with Crippen LogP contribution in [0.5, 0.6) is 23.0 Å². The van der Waals surface area contributed by atoms with Gasteiger partial charge in [0.2, 0.25) is 0 Å². The summed E-state index contributed by atoms with van der Waals surface area (Å²) in [7, 11) is -4.91. The van der Waals surface area contributed by atoms with E-state index in [0.717, 1.165) is 0 Å². The second-order valence-electron chi connectivity index (χ2n) is 27.4. The number of aromatic nitrogens is 8. The molecule has 14 rings (SSSR count). The van der Waals surface area contributed by atoms with Crippen LogP contribution in [-0.4, -0.2) is 151 Å². The first kappa shape index (κ1) is 80.6. The van der Waals surface area contributed by atoms with Crippen molar-refractivity contribution >= 4 is 87.3 Å². The van der Waals surface area contributed by atoms with Crippen molar-refractivity contribution in [2.45, 2.75) is 79.1 Å². The van der Waals surface area contributed by atoms with Crippen LogP contribution in [0.3, 0.4) is 0 Å². The average molecular weight is 1600 g/mol. The van der Waals surface area contributed by atoms with E-state index in [1.54, 1.807) is 68.4 Å². The fraction of sp³-hybridized carbons (Fsp3) is 0.253. The Kier molecular flexibility index (Phi) is 23.0. The highest BCUT2D eigenvalue weighted by Gasteiger charge is 2.47. The van der Waals surface area contributed by atoms with E-state index in [4.69, 9.17) is 5.11 Å². The summed E-state index contributed by atoms with van der Waals surface area (Å²) in [4.78, 5) is 106. The molecular formula is C75H66F8N8O19S2. The van der Waals surface area contributed by atoms with Crippen LogP contribution in [0.1, 0.15) is 82.0 Å². The molecule has 0 unspecified atom stereocenters. The maximum atomic E-state index is 13.4. The SMILES string of the molecule is CC(C)(O)Cn1c(=O)n(-c2cccc(OC(F)F)c2)c2ccc(C(=O)CC3(C)CS(=O)(=O)C3)cc21.CC1(CC(=O)c2ccc3c(c2)[nH]c(=O)n3-c2cccc(OC(F)F)c2)CS(=O)(=O)C1.COC(=O)c1ccc2c(c1)[nH]c(=O)n2-c1cccc(OC(F)F)c1.O=C(O)c1ccc2c(c1)[nH]c(=O)n2-c1cccc(OC(F)F)c1. The molecule has 8 aromatic carbocycles. The number of nitrogens with zero attached hydrogens (tertiary/aromatic N) is 5. The highest BCUT2D eigenvalue weighted by molar-refractivity contribution is 7.93. The number of halogens is 8. The molecule has 0 aliphatic carbocycles. The number of benzene rings is 8. The smallest absolute Gasteiger partial charge is 0.387 e. The number of ether oxygens (including phenoxy) is 5. The van der Waals surface area contributed by atoms with Gasteiger partial charge in [-0.25, -0.2) is 45.6 Å². The number of aromatic carboxylic acids is 1. The Balaban J connectivity index is 0.000000150. The summed E-state index contributed by atoms with van der Waals surface area (Å²) in [6, 6.07) is 40.9. The molecule has 0 amide bonds. The minimum Gasteiger partial charge on any atom is -0.478 e. The van der Waals surface area contributed by atoms with Gasteiger partial charge in [-0.2, -0.15) is 35.1 Å². The Bertz CT molecular complexity index is 6130. The topological polar surface area (TPSA) is 363 Å². The number of H-pyrrole nitrogens is 3. The van der Waals surface area contributed by atoms with E-state index >= 15 is 0 Å². The second kappa shape index (κ2) is 31.9. The number of rotatable bonds is 22. The summed E-state index contributed by atoms with van der Waals surface area (Å²) < 4.78 is 174. The number of methoxy groups -OCH3 is 1. The Morgan fingerprint density at radius 2 is 0.759 bits per heavy atom. The quantitative estimate of drug-likeness (QED) is 0.0239. The summed E-state index contributed by atoms with van der Waals surface area (Å²) >= 11 is 0. The number of carboxylic acids is 1. The standard InChI is InChI=1S/C24H26F2N2O6S.C20H18F2N2O5S.C16H12F2N2O4.C15H10F2N2O4/c1-23(2,31)12-27-19-9-15(20(29)11-24(3)13-35(32,33)14-24)7-8-18(19)28(22(27)30)16-5-4-6-17(10-16)34-21(25)26;1-20(10-30(27,28)11-20)9-17(25)12-5-6-16-15(7-12)23-19(26)24(16)13-3-2-4-14(8-13)29-18(21)22;1-23-14(21)9-5-6-13-12(7-9)19-16(22)20(13)10-3-2-4-11(8-10)24-15(17)18;16-14(17)23-10-3-1-2-9(7-10)19-12-5-4-8(13(20)21)6-11(12)18-15(19)22/h4-10,21,31H,11-14H2,1-3H3;2-8,18H,9-11H2,1H3,(H,23,26);2-8,15H,1H3,(H,19,22);1-7,14H,(H,18,22)(H,20,21). The third-order valence-corrected chi connectivity index (χ3v) is 22.0. The first-order chi connectivity index (χ1) is 52.7. The number of fused-ring (bicyclic) bond motifs is 4. The van der Waals surface area contributed by atoms with E-state index in [0.29, 0.717) is 72.3 Å². The van der Waals surface area contributed by atoms with Gasteiger partial charge in [0.15, 0.2) is 31.2 Å². The average Bonchev–Trinajstić information content (AvgIpc) is 1.55. The van der Waals surface area contributed by atoms with Gasteiger partial charge in [-0.1, -0.05) is 38.1 Å². The van der Waals surface area contributed by atoms with E-state index in [-0.39, 0.29) is 93.8 Å². The van der Waals surface area contributed by atoms with E-state index in [2.05, 4.69) is 38.6 Å². The number of nitrogens with one attached hydrogen (secondary N) is 3. The lowest BCUT2D eigenvalue weighted by Crippen LogP contribution is -2.47. The molecule has 37 heteroatoms. The predicted molar refractivity (Wildman–Crippen MR) is 392 cm³/mol. The Morgan fingerprint density at radius 3 is 1.09 bits per heavy atom. The summed E-state index contributed by atoms with van der Waals surface area (Å²) in [5.41, 5.74) is 1.07. The maximum absolute atomic E-state index is 13.4. The summed E-state index contributed by atoms with van der Waals surface area (Å²) in [6.45, 7) is -5.45. The highest BCUT2D eigenvalue weighted by atomic mass is 32.2. The number of carbonyl (C=O) groups excluding carboxylic acids is 3. The number of ketones is 2. The molecule has 0 radical (unpaired) electrons. The zero-order chi connectivity index (χ0) is 81.3. The van der Waals surface area contributed by atoms with E-state index in [1.807, 2.05) is 0 Å². The normalized spacial score (nSPS) is 14.5. The van der Waals surface area contributed by atoms with Gasteiger partial charge in [-0.3, -0.25) is 32.4 Å². The second-order valence-corrected chi connectivity index (χ2v) is 31.5. The predicted octanol–water partition coefficient (Wildman–Crippen LogP) is 11.4. The van der Waals surface area contributed by atoms with Gasteiger partial charge >= 0.3 is 61.1 Å². The molecule has 2 saturated heterocycles. The molecule has 2 aliphatic heterocycles. The van der Waals surface area contributed by atoms with Gasteiger partial charge in [-0.15, -0.1) is 0 Å². The van der Waals surface area contributed by atoms with Crippen molar-refractivity contribution in [2.24, 2.45) is 10.8 Å². The van der Waals surface area contributed by atoms with Crippen LogP contribution in [0.2, 0.25) is 0 Å². The number of sulfone groups is 2. The number of hydrogen-bond donors (Lipinski definition) is 5. The van der Waals surface area contributed by atoms with Gasteiger partial charge in [0.25, 0.3) is 0 Å². The molecule has 0 bridgehead atoms. The van der Waals surface area contributed by atoms with Crippen molar-refractivity contribution in [3.05, 3.63) is 234 Å². The number of esters is 1. The van der Waals surface area contributed by atoms with E-state index in [9.17, 15) is 95.4 Å². The highest BCUT2D eigenvalue weighted by Crippen LogP contribution is 2.39. The Morgan fingerprint density at radius 1 is 0.446 bits per heavy atom. The first-order valence-electron chi connectivity index (χ1n) is 33.4. The minimum atomic E-state index is -3.11. The summed E-state index contributed by atoms with van der Waals surface area (Å²) in [5, 5.41) is 19.4. The van der Waals surface area contributed by atoms with Crippen LogP contribution in [0.15, 0.2) is 189 Å². The molecule has 0 atom stereocenters. The van der Waals surface area contributed by atoms with Gasteiger partial charge in [-0.05, 0) is 135 Å². The maximum Gasteiger partial charge on any atom is 0.387 e. The molecule has 588 valence electrons. The van der Waals surface area contributed by atoms with Crippen molar-refractivity contribution in [2.75, 3.05) is 30.1 Å². The molecule has 12 aromatic rings. The van der Waals surface area contributed by atoms with Gasteiger partial charge in [0, 0.05) is 59.1 Å². The molecule has 2 aliphatic rings. The first-order valence-corrected chi connectivity index (χ1v) is 37.0. The number of aliphatic hydroxyl groups is 1. The van der Waals surface area contributed by atoms with Crippen LogP contribution in [0.4, 0.5) is 35.1 Å². The number of carbonyl (C=O) groups is 4. The largest absolute Gasteiger partial charge is 0.478 e. The van der Waals surface area contributed by atoms with Crippen molar-refractivity contribution in [3.8, 4) is 45.7 Å². The van der Waals surface area contributed by atoms with Gasteiger partial charge < -0.3 is 48.8 Å². The molecular weight excluding hydrogens is 1530 g/mol. The molecule has 112 heavy (non-hydrogen) atoms. The third kappa shape index (κ3) is 18.7. The van der Waals surface area contributed by atoms with E-state index < -0.39 is 97.2 Å². The van der Waals surface area contributed by atoms with Crippen LogP contribution < -0.4 is 41.7 Å². The minimum absolute atomic E-state index is 0.0157. The molecule has 5 N–H and O–H groups in total. The number of carboxylic acid groups (broad SMARTS) is 1. The number of alkyl halides is 8. The summed E-state index contributed by atoms with van der Waals surface area (Å²) in [5.74, 6) is -2.60. The van der Waals surface area contributed by atoms with Crippen LogP contribution >= 0.6 is 0 Å². The van der Waals surface area contributed by atoms with Crippen molar-refractivity contribution < 1.29 is 105 Å². The van der Waals surface area contributed by atoms with Crippen LogP contribution in [0.25, 0.3) is 66.9 Å². The van der Waals surface area contributed by atoms with Crippen LogP contribution in [-0.2, 0) is 31.0 Å². The molecule has 0 spiro atoms. The molecule has 0 saturated carbocycles. The number of aromatic amines is 3. The number of imidazole rings is 4. The van der Waals surface area contributed by atoms with Gasteiger partial charge in [0.1, 0.15) is 23.0 Å². The zero-order valence-electron chi connectivity index (χ0n) is 59.3. The third-order valence-electron chi connectivity index (χ3n) is 17.5. The molecule has 27 nitrogen and oxygen atoms in total. The Labute approximate surface area is 627 Å². The fourth-order valence-electron chi connectivity index (χ4n) is 13.3. The van der Waals surface area contributed by atoms with Crippen molar-refractivity contribution in [1.82, 2.24) is 37.8 Å². The lowest BCUT2D eigenvalue weighted by Gasteiger charge is -2.37. The Hall–Kier alpha value is -12.4. The van der Waals surface area contributed by atoms with Gasteiger partial charge in [0.05, 0.1) is 120 Å². The zero-order valence-corrected chi connectivity index (χ0v) is 61.0. The van der Waals surface area contributed by atoms with Crippen molar-refractivity contribution in [1.29, 1.82) is 0 Å². The molecule has 6 heterocycles. The molecule has 2 fully saturated rings. The monoisotopic (exact) mass is 1600 g/mol. The fourth-order valence-corrected chi connectivity index (χ4v) is 17.8.